The summed E-state index contributed by atoms with van der Waals surface area (Å²) in [6.07, 6.45) is -6.55. The average molecular weight is 597 g/mol. The highest BCUT2D eigenvalue weighted by molar-refractivity contribution is 7.47. The second-order valence-electron chi connectivity index (χ2n) is 9.27. The number of fused-ring (bicyclic) bond motifs is 2. The number of phosphoric acid groups is 1. The maximum Gasteiger partial charge on any atom is 0.472 e. The lowest BCUT2D eigenvalue weighted by Gasteiger charge is -2.24. The molecule has 4 aromatic heterocycles. The predicted molar refractivity (Wildman–Crippen MR) is 131 cm³/mol. The number of rotatable bonds is 8. The number of H-pyrrole nitrogens is 1. The standard InChI is InChI=1S/C20H24N9O11P/c21-16-10-17(24-4-23-16)28(6-26-10)20-13(33)11(31)9(39-20)3-37-41(35,36)40-15-12(32)8(2-30)38-14(15)7-1-22-18-19(34)25-5-27-29(7)18/h1,4-6,8-9,11-15,20,30-33H,2-3H2,(H,35,36)(H2,21,23,24)(H,25,27,34)/t8-,9-,11-,12-,13-,14+,15-,20-/m1/s1. The van der Waals surface area contributed by atoms with Gasteiger partial charge >= 0.3 is 7.82 Å². The summed E-state index contributed by atoms with van der Waals surface area (Å²) in [5, 5.41) is 45.4. The highest BCUT2D eigenvalue weighted by Crippen LogP contribution is 2.50. The molecule has 2 aliphatic heterocycles. The number of nitrogen functional groups attached to an aromatic ring is 1. The van der Waals surface area contributed by atoms with Gasteiger partial charge in [0.1, 0.15) is 60.9 Å². The summed E-state index contributed by atoms with van der Waals surface area (Å²) in [6.45, 7) is -1.39. The van der Waals surface area contributed by atoms with Gasteiger partial charge in [-0.05, 0) is 0 Å². The van der Waals surface area contributed by atoms with Crippen LogP contribution in [-0.2, 0) is 23.1 Å². The minimum Gasteiger partial charge on any atom is -0.394 e. The van der Waals surface area contributed by atoms with Gasteiger partial charge in [0, 0.05) is 0 Å². The number of imidazole rings is 2. The summed E-state index contributed by atoms with van der Waals surface area (Å²) in [7, 11) is -5.02. The van der Waals surface area contributed by atoms with Crippen LogP contribution in [0, 0.1) is 0 Å². The number of hydrogen-bond donors (Lipinski definition) is 7. The van der Waals surface area contributed by atoms with Crippen molar-refractivity contribution in [1.82, 2.24) is 39.1 Å². The number of aromatic nitrogens is 8. The topological polar surface area (TPSA) is 288 Å². The van der Waals surface area contributed by atoms with Gasteiger partial charge in [-0.15, -0.1) is 0 Å². The first-order chi connectivity index (χ1) is 19.6. The van der Waals surface area contributed by atoms with Crippen molar-refractivity contribution in [1.29, 1.82) is 0 Å². The minimum atomic E-state index is -5.02. The Kier molecular flexibility index (Phi) is 7.06. The lowest BCUT2D eigenvalue weighted by molar-refractivity contribution is -0.0558. The normalized spacial score (nSPS) is 31.7. The number of nitrogens with zero attached hydrogens (tertiary/aromatic N) is 7. The lowest BCUT2D eigenvalue weighted by atomic mass is 10.1. The van der Waals surface area contributed by atoms with Crippen LogP contribution in [-0.4, -0.2) is 114 Å². The number of aliphatic hydroxyl groups excluding tert-OH is 4. The fourth-order valence-electron chi connectivity index (χ4n) is 4.79. The molecule has 0 saturated carbocycles. The van der Waals surface area contributed by atoms with Gasteiger partial charge in [0.2, 0.25) is 5.65 Å². The molecule has 2 saturated heterocycles. The van der Waals surface area contributed by atoms with Gasteiger partial charge in [-0.3, -0.25) is 18.4 Å². The molecule has 0 aromatic carbocycles. The van der Waals surface area contributed by atoms with Crippen LogP contribution in [0.1, 0.15) is 18.0 Å². The molecule has 0 radical (unpaired) electrons. The quantitative estimate of drug-likeness (QED) is 0.0981. The van der Waals surface area contributed by atoms with Crippen LogP contribution < -0.4 is 11.3 Å². The van der Waals surface area contributed by atoms with Crippen molar-refractivity contribution in [2.45, 2.75) is 49.0 Å². The van der Waals surface area contributed by atoms with E-state index in [4.69, 9.17) is 24.3 Å². The van der Waals surface area contributed by atoms with Crippen LogP contribution in [0.2, 0.25) is 0 Å². The molecule has 6 rings (SSSR count). The smallest absolute Gasteiger partial charge is 0.394 e. The molecule has 8 N–H and O–H groups in total. The Balaban J connectivity index is 1.18. The zero-order valence-corrected chi connectivity index (χ0v) is 21.6. The maximum atomic E-state index is 13.0. The van der Waals surface area contributed by atoms with Crippen LogP contribution in [0.25, 0.3) is 16.8 Å². The van der Waals surface area contributed by atoms with E-state index in [-0.39, 0.29) is 28.3 Å². The van der Waals surface area contributed by atoms with Gasteiger partial charge in [0.15, 0.2) is 17.7 Å². The molecule has 9 atom stereocenters. The summed E-state index contributed by atoms with van der Waals surface area (Å²) in [5.41, 5.74) is 5.64. The first kappa shape index (κ1) is 27.7. The van der Waals surface area contributed by atoms with Crippen molar-refractivity contribution in [2.24, 2.45) is 0 Å². The molecule has 41 heavy (non-hydrogen) atoms. The third-order valence-corrected chi connectivity index (χ3v) is 7.79. The molecule has 0 amide bonds. The second kappa shape index (κ2) is 10.4. The number of ether oxygens (including phenoxy) is 2. The van der Waals surface area contributed by atoms with E-state index in [0.717, 1.165) is 10.8 Å². The van der Waals surface area contributed by atoms with Crippen molar-refractivity contribution in [3.63, 3.8) is 0 Å². The summed E-state index contributed by atoms with van der Waals surface area (Å²) < 4.78 is 37.0. The number of anilines is 1. The van der Waals surface area contributed by atoms with E-state index in [1.807, 2.05) is 0 Å². The van der Waals surface area contributed by atoms with E-state index in [9.17, 15) is 34.7 Å². The van der Waals surface area contributed by atoms with Crippen molar-refractivity contribution in [3.8, 4) is 0 Å². The van der Waals surface area contributed by atoms with Gasteiger partial charge < -0.3 is 45.5 Å². The van der Waals surface area contributed by atoms with Crippen molar-refractivity contribution < 1.29 is 48.4 Å². The zero-order chi connectivity index (χ0) is 29.1. The zero-order valence-electron chi connectivity index (χ0n) is 20.7. The average Bonchev–Trinajstić information content (AvgIpc) is 3.70. The highest BCUT2D eigenvalue weighted by atomic mass is 31.2. The van der Waals surface area contributed by atoms with Crippen LogP contribution in [0.4, 0.5) is 5.82 Å². The van der Waals surface area contributed by atoms with Gasteiger partial charge in [-0.1, -0.05) is 0 Å². The molecule has 21 heteroatoms. The van der Waals surface area contributed by atoms with Gasteiger partial charge in [-0.2, -0.15) is 5.10 Å². The molecule has 6 heterocycles. The summed E-state index contributed by atoms with van der Waals surface area (Å²) in [6, 6.07) is 0. The Bertz CT molecular complexity index is 1680. The van der Waals surface area contributed by atoms with Crippen molar-refractivity contribution in [2.75, 3.05) is 18.9 Å². The molecule has 0 aliphatic carbocycles. The lowest BCUT2D eigenvalue weighted by Crippen LogP contribution is -2.35. The number of aliphatic hydroxyl groups is 4. The Morgan fingerprint density at radius 1 is 1.07 bits per heavy atom. The number of hydrogen-bond acceptors (Lipinski definition) is 16. The van der Waals surface area contributed by atoms with E-state index >= 15 is 0 Å². The Morgan fingerprint density at radius 3 is 2.66 bits per heavy atom. The van der Waals surface area contributed by atoms with Gasteiger partial charge in [0.25, 0.3) is 5.56 Å². The maximum absolute atomic E-state index is 13.0. The monoisotopic (exact) mass is 597 g/mol. The highest BCUT2D eigenvalue weighted by Gasteiger charge is 2.51. The predicted octanol–water partition coefficient (Wildman–Crippen LogP) is -3.25. The van der Waals surface area contributed by atoms with Gasteiger partial charge in [0.05, 0.1) is 31.4 Å². The molecule has 20 nitrogen and oxygen atoms in total. The number of nitrogens with two attached hydrogens (primary N) is 1. The fraction of sp³-hybridized carbons (Fsp3) is 0.500. The SMILES string of the molecule is Nc1ncnc2c1ncn2[C@@H]1O[C@H](COP(=O)(O)O[C@@H]2[C@H](O)[C@@H](CO)O[C@H]2c2cnc3c(=O)[nH]cnn23)[C@@H](O)[C@H]1O. The Hall–Kier alpha value is -3.43. The Morgan fingerprint density at radius 2 is 1.88 bits per heavy atom. The second-order valence-corrected chi connectivity index (χ2v) is 10.7. The van der Waals surface area contributed by atoms with E-state index in [1.54, 1.807) is 0 Å². The third-order valence-electron chi connectivity index (χ3n) is 6.80. The minimum absolute atomic E-state index is 0.0867. The van der Waals surface area contributed by atoms with Crippen LogP contribution in [0.15, 0.2) is 30.0 Å². The molecule has 220 valence electrons. The van der Waals surface area contributed by atoms with E-state index < -0.39 is 75.6 Å². The molecular formula is C20H24N9O11P. The van der Waals surface area contributed by atoms with E-state index in [0.29, 0.717) is 0 Å². The Labute approximate surface area is 227 Å². The largest absolute Gasteiger partial charge is 0.472 e. The fourth-order valence-corrected chi connectivity index (χ4v) is 5.73. The van der Waals surface area contributed by atoms with Crippen molar-refractivity contribution in [3.05, 3.63) is 41.2 Å². The summed E-state index contributed by atoms with van der Waals surface area (Å²) in [5.74, 6) is 0.0892. The first-order valence-electron chi connectivity index (χ1n) is 12.1. The molecule has 2 aliphatic rings. The molecule has 0 spiro atoms. The molecule has 0 bridgehead atoms. The number of phosphoric ester groups is 1. The number of nitrogens with one attached hydrogen (secondary N) is 1. The molecule has 4 aromatic rings. The van der Waals surface area contributed by atoms with E-state index in [2.05, 4.69) is 30.0 Å². The summed E-state index contributed by atoms with van der Waals surface area (Å²) in [4.78, 5) is 40.8. The van der Waals surface area contributed by atoms with Crippen LogP contribution in [0.3, 0.4) is 0 Å². The van der Waals surface area contributed by atoms with Gasteiger partial charge in [-0.25, -0.2) is 29.0 Å². The van der Waals surface area contributed by atoms with Crippen LogP contribution >= 0.6 is 7.82 Å². The van der Waals surface area contributed by atoms with E-state index in [1.165, 1.54) is 23.4 Å². The van der Waals surface area contributed by atoms with Crippen LogP contribution in [0.5, 0.6) is 0 Å². The molecule has 2 fully saturated rings. The third kappa shape index (κ3) is 4.78. The number of aromatic amines is 1. The first-order valence-corrected chi connectivity index (χ1v) is 13.5. The molecular weight excluding hydrogens is 573 g/mol. The molecule has 1 unspecified atom stereocenters. The summed E-state index contributed by atoms with van der Waals surface area (Å²) >= 11 is 0. The van der Waals surface area contributed by atoms with Crippen molar-refractivity contribution >= 4 is 30.5 Å².